The molecule has 0 saturated carbocycles. The van der Waals surface area contributed by atoms with Crippen LogP contribution in [0.5, 0.6) is 11.5 Å². The van der Waals surface area contributed by atoms with E-state index < -0.39 is 0 Å². The molecule has 1 amide bonds. The fraction of sp³-hybridized carbons (Fsp3) is 0.217. The van der Waals surface area contributed by atoms with Crippen LogP contribution in [0.3, 0.4) is 0 Å². The topological polar surface area (TPSA) is 98.4 Å². The van der Waals surface area contributed by atoms with Gasteiger partial charge in [-0.2, -0.15) is 5.10 Å². The Morgan fingerprint density at radius 2 is 2.03 bits per heavy atom. The zero-order valence-electron chi connectivity index (χ0n) is 17.2. The van der Waals surface area contributed by atoms with Gasteiger partial charge in [0.25, 0.3) is 5.91 Å². The number of carbonyl (C=O) groups is 1. The summed E-state index contributed by atoms with van der Waals surface area (Å²) in [5.41, 5.74) is 4.04. The molecule has 31 heavy (non-hydrogen) atoms. The van der Waals surface area contributed by atoms with Crippen molar-refractivity contribution in [3.05, 3.63) is 66.0 Å². The minimum absolute atomic E-state index is 0.204. The van der Waals surface area contributed by atoms with Crippen molar-refractivity contribution in [2.75, 3.05) is 6.79 Å². The molecule has 2 aromatic carbocycles. The lowest BCUT2D eigenvalue weighted by molar-refractivity contribution is 0.0737. The molecule has 4 aromatic rings. The Kier molecular flexibility index (Phi) is 4.83. The molecule has 0 bridgehead atoms. The van der Waals surface area contributed by atoms with Crippen LogP contribution in [-0.4, -0.2) is 32.5 Å². The maximum absolute atomic E-state index is 12.9. The summed E-state index contributed by atoms with van der Waals surface area (Å²) in [4.78, 5) is 12.9. The number of fused-ring (bicyclic) bond motifs is 2. The first-order chi connectivity index (χ1) is 15.1. The number of aryl methyl sites for hydroxylation is 1. The van der Waals surface area contributed by atoms with Gasteiger partial charge in [-0.25, -0.2) is 5.84 Å². The maximum Gasteiger partial charge on any atom is 0.286 e. The summed E-state index contributed by atoms with van der Waals surface area (Å²) in [5.74, 6) is 7.08. The number of para-hydroxylation sites is 1. The lowest BCUT2D eigenvalue weighted by Crippen LogP contribution is -2.36. The van der Waals surface area contributed by atoms with Crippen molar-refractivity contribution < 1.29 is 14.3 Å². The summed E-state index contributed by atoms with van der Waals surface area (Å²) in [5, 5.41) is 9.50. The molecular weight excluding hydrogens is 394 g/mol. The highest BCUT2D eigenvalue weighted by molar-refractivity contribution is 5.97. The molecule has 0 saturated heterocycles. The van der Waals surface area contributed by atoms with E-state index in [0.29, 0.717) is 22.9 Å². The summed E-state index contributed by atoms with van der Waals surface area (Å²) < 4.78 is 12.9. The summed E-state index contributed by atoms with van der Waals surface area (Å²) in [7, 11) is 0. The Morgan fingerprint density at radius 1 is 1.19 bits per heavy atom. The van der Waals surface area contributed by atoms with Gasteiger partial charge in [-0.1, -0.05) is 31.2 Å². The van der Waals surface area contributed by atoms with Gasteiger partial charge in [0.15, 0.2) is 11.5 Å². The second-order valence-corrected chi connectivity index (χ2v) is 7.54. The van der Waals surface area contributed by atoms with Crippen LogP contribution in [0.15, 0.2) is 54.7 Å². The van der Waals surface area contributed by atoms with Crippen LogP contribution in [0.25, 0.3) is 22.2 Å². The van der Waals surface area contributed by atoms with E-state index in [1.807, 2.05) is 30.3 Å². The fourth-order valence-corrected chi connectivity index (χ4v) is 3.91. The number of aromatic nitrogens is 3. The highest BCUT2D eigenvalue weighted by Gasteiger charge is 2.20. The lowest BCUT2D eigenvalue weighted by Gasteiger charge is -2.15. The van der Waals surface area contributed by atoms with Gasteiger partial charge in [0.1, 0.15) is 5.69 Å². The minimum Gasteiger partial charge on any atom is -0.454 e. The number of carbonyl (C=O) groups excluding carboxylic acids is 1. The Hall–Kier alpha value is -3.78. The van der Waals surface area contributed by atoms with Gasteiger partial charge in [0, 0.05) is 29.2 Å². The molecule has 5 rings (SSSR count). The third-order valence-corrected chi connectivity index (χ3v) is 5.39. The van der Waals surface area contributed by atoms with Gasteiger partial charge < -0.3 is 14.0 Å². The van der Waals surface area contributed by atoms with Crippen LogP contribution >= 0.6 is 0 Å². The third kappa shape index (κ3) is 3.51. The largest absolute Gasteiger partial charge is 0.454 e. The number of nitrogens with two attached hydrogens (primary N) is 1. The molecule has 3 N–H and O–H groups in total. The van der Waals surface area contributed by atoms with E-state index in [1.54, 1.807) is 6.07 Å². The number of hydrazine groups is 1. The van der Waals surface area contributed by atoms with Gasteiger partial charge in [-0.3, -0.25) is 14.9 Å². The van der Waals surface area contributed by atoms with Gasteiger partial charge in [0.05, 0.1) is 12.2 Å². The smallest absolute Gasteiger partial charge is 0.286 e. The molecule has 0 unspecified atom stereocenters. The van der Waals surface area contributed by atoms with Crippen molar-refractivity contribution in [1.82, 2.24) is 19.8 Å². The van der Waals surface area contributed by atoms with E-state index in [2.05, 4.69) is 40.0 Å². The average molecular weight is 417 g/mol. The Bertz CT molecular complexity index is 1260. The lowest BCUT2D eigenvalue weighted by atomic mass is 10.1. The SMILES string of the molecule is CCCn1cc(-c2cc(C(=O)N(N)Cc3ccc4c(c3)OCO4)[nH]n2)c2ccccc21. The second kappa shape index (κ2) is 7.81. The Morgan fingerprint density at radius 3 is 2.90 bits per heavy atom. The number of nitrogens with zero attached hydrogens (tertiary/aromatic N) is 3. The molecule has 0 spiro atoms. The zero-order valence-corrected chi connectivity index (χ0v) is 17.2. The van der Waals surface area contributed by atoms with E-state index in [-0.39, 0.29) is 19.2 Å². The number of hydrogen-bond acceptors (Lipinski definition) is 5. The van der Waals surface area contributed by atoms with E-state index in [9.17, 15) is 4.79 Å². The molecule has 1 aliphatic heterocycles. The summed E-state index contributed by atoms with van der Waals surface area (Å²) >= 11 is 0. The molecule has 0 fully saturated rings. The van der Waals surface area contributed by atoms with Crippen molar-refractivity contribution >= 4 is 16.8 Å². The minimum atomic E-state index is -0.339. The summed E-state index contributed by atoms with van der Waals surface area (Å²) in [6.45, 7) is 3.51. The highest BCUT2D eigenvalue weighted by Crippen LogP contribution is 2.33. The van der Waals surface area contributed by atoms with E-state index in [0.717, 1.165) is 40.0 Å². The molecule has 158 valence electrons. The van der Waals surface area contributed by atoms with Crippen LogP contribution in [0, 0.1) is 0 Å². The van der Waals surface area contributed by atoms with Crippen LogP contribution in [0.4, 0.5) is 0 Å². The first-order valence-corrected chi connectivity index (χ1v) is 10.2. The number of amides is 1. The number of H-pyrrole nitrogens is 1. The number of rotatable bonds is 6. The number of ether oxygens (including phenoxy) is 2. The first-order valence-electron chi connectivity index (χ1n) is 10.2. The highest BCUT2D eigenvalue weighted by atomic mass is 16.7. The molecule has 0 atom stereocenters. The number of aromatic amines is 1. The summed E-state index contributed by atoms with van der Waals surface area (Å²) in [6, 6.07) is 15.5. The molecule has 8 nitrogen and oxygen atoms in total. The summed E-state index contributed by atoms with van der Waals surface area (Å²) in [6.07, 6.45) is 3.12. The van der Waals surface area contributed by atoms with Crippen molar-refractivity contribution in [2.45, 2.75) is 26.4 Å². The quantitative estimate of drug-likeness (QED) is 0.283. The van der Waals surface area contributed by atoms with Gasteiger partial charge >= 0.3 is 0 Å². The van der Waals surface area contributed by atoms with E-state index in [4.69, 9.17) is 15.3 Å². The van der Waals surface area contributed by atoms with Gasteiger partial charge in [-0.15, -0.1) is 0 Å². The molecule has 2 aromatic heterocycles. The van der Waals surface area contributed by atoms with Crippen molar-refractivity contribution in [2.24, 2.45) is 5.84 Å². The molecular formula is C23H23N5O3. The van der Waals surface area contributed by atoms with E-state index in [1.165, 1.54) is 0 Å². The van der Waals surface area contributed by atoms with Crippen LogP contribution in [-0.2, 0) is 13.1 Å². The molecule has 0 aliphatic carbocycles. The number of benzene rings is 2. The average Bonchev–Trinajstić information content (AvgIpc) is 3.52. The van der Waals surface area contributed by atoms with Crippen LogP contribution in [0.2, 0.25) is 0 Å². The Balaban J connectivity index is 1.38. The van der Waals surface area contributed by atoms with Crippen molar-refractivity contribution in [3.8, 4) is 22.8 Å². The zero-order chi connectivity index (χ0) is 21.4. The Labute approximate surface area is 179 Å². The predicted molar refractivity (Wildman–Crippen MR) is 116 cm³/mol. The fourth-order valence-electron chi connectivity index (χ4n) is 3.91. The van der Waals surface area contributed by atoms with Crippen molar-refractivity contribution in [1.29, 1.82) is 0 Å². The number of nitrogens with one attached hydrogen (secondary N) is 1. The van der Waals surface area contributed by atoms with Gasteiger partial charge in [0.2, 0.25) is 6.79 Å². The molecule has 1 aliphatic rings. The predicted octanol–water partition coefficient (Wildman–Crippen LogP) is 3.69. The van der Waals surface area contributed by atoms with Crippen LogP contribution in [0.1, 0.15) is 29.4 Å². The molecule has 0 radical (unpaired) electrons. The maximum atomic E-state index is 12.9. The second-order valence-electron chi connectivity index (χ2n) is 7.54. The standard InChI is InChI=1S/C23H23N5O3/c1-2-9-27-13-17(16-5-3-4-6-20(16)27)18-11-19(26-25-18)23(29)28(24)12-15-7-8-21-22(10-15)31-14-30-21/h3-8,10-11,13H,2,9,12,14,24H2,1H3,(H,25,26). The van der Waals surface area contributed by atoms with Crippen LogP contribution < -0.4 is 15.3 Å². The van der Waals surface area contributed by atoms with Gasteiger partial charge in [-0.05, 0) is 36.2 Å². The first kappa shape index (κ1) is 19.2. The third-order valence-electron chi connectivity index (χ3n) is 5.39. The van der Waals surface area contributed by atoms with E-state index >= 15 is 0 Å². The molecule has 3 heterocycles. The van der Waals surface area contributed by atoms with Crippen molar-refractivity contribution in [3.63, 3.8) is 0 Å². The normalized spacial score (nSPS) is 12.5. The monoisotopic (exact) mass is 417 g/mol. The number of hydrogen-bond donors (Lipinski definition) is 2. The molecule has 8 heteroatoms.